The van der Waals surface area contributed by atoms with Crippen molar-refractivity contribution in [3.8, 4) is 6.07 Å². The number of carbonyl (C=O) groups excluding carboxylic acids is 1. The molecular weight excluding hydrogens is 280 g/mol. The van der Waals surface area contributed by atoms with Gasteiger partial charge in [-0.3, -0.25) is 20.6 Å². The van der Waals surface area contributed by atoms with Gasteiger partial charge in [0.1, 0.15) is 6.07 Å². The number of rotatable bonds is 5. The Morgan fingerprint density at radius 2 is 1.77 bits per heavy atom. The molecule has 2 aromatic rings. The van der Waals surface area contributed by atoms with Gasteiger partial charge in [-0.15, -0.1) is 0 Å². The predicted molar refractivity (Wildman–Crippen MR) is 82.7 cm³/mol. The maximum atomic E-state index is 12.2. The van der Waals surface area contributed by atoms with Gasteiger partial charge in [-0.05, 0) is 36.4 Å². The van der Waals surface area contributed by atoms with Gasteiger partial charge in [0.25, 0.3) is 0 Å². The monoisotopic (exact) mass is 292 g/mol. The Morgan fingerprint density at radius 3 is 2.32 bits per heavy atom. The first kappa shape index (κ1) is 14.9. The fraction of sp³-hybridized carbons (Fsp3) is 0. The second-order valence-electron chi connectivity index (χ2n) is 4.24. The molecule has 0 bridgehead atoms. The number of nitrogens with zero attached hydrogens (tertiary/aromatic N) is 3. The zero-order chi connectivity index (χ0) is 15.9. The Morgan fingerprint density at radius 1 is 1.18 bits per heavy atom. The molecule has 7 nitrogen and oxygen atoms in total. The average Bonchev–Trinajstić information content (AvgIpc) is 2.56. The summed E-state index contributed by atoms with van der Waals surface area (Å²) in [6.45, 7) is 0. The van der Waals surface area contributed by atoms with Crippen LogP contribution < -0.4 is 11.2 Å². The molecule has 0 aliphatic heterocycles. The number of pyridine rings is 1. The lowest BCUT2D eigenvalue weighted by Gasteiger charge is -2.04. The normalized spacial score (nSPS) is 10.6. The number of ketones is 1. The van der Waals surface area contributed by atoms with E-state index in [0.717, 1.165) is 0 Å². The zero-order valence-electron chi connectivity index (χ0n) is 11.4. The van der Waals surface area contributed by atoms with Crippen molar-refractivity contribution in [1.82, 2.24) is 4.98 Å². The summed E-state index contributed by atoms with van der Waals surface area (Å²) in [7, 11) is 0. The van der Waals surface area contributed by atoms with Gasteiger partial charge in [0.2, 0.25) is 5.71 Å². The van der Waals surface area contributed by atoms with Gasteiger partial charge in [-0.1, -0.05) is 0 Å². The van der Waals surface area contributed by atoms with Crippen molar-refractivity contribution in [1.29, 1.82) is 10.7 Å². The molecular formula is C15H12N6O. The third-order valence-electron chi connectivity index (χ3n) is 2.75. The minimum Gasteiger partial charge on any atom is -0.382 e. The van der Waals surface area contributed by atoms with E-state index in [2.05, 4.69) is 15.5 Å². The van der Waals surface area contributed by atoms with Crippen molar-refractivity contribution in [3.05, 3.63) is 59.9 Å². The minimum atomic E-state index is -0.417. The molecule has 0 saturated carbocycles. The number of amidine groups is 1. The number of aromatic nitrogens is 1. The van der Waals surface area contributed by atoms with E-state index in [0.29, 0.717) is 16.8 Å². The largest absolute Gasteiger partial charge is 0.382 e. The fourth-order valence-corrected chi connectivity index (χ4v) is 1.63. The van der Waals surface area contributed by atoms with Crippen LogP contribution in [0, 0.1) is 16.7 Å². The Labute approximate surface area is 126 Å². The molecule has 2 rings (SSSR count). The van der Waals surface area contributed by atoms with Crippen LogP contribution in [0.25, 0.3) is 0 Å². The number of carbonyl (C=O) groups is 1. The van der Waals surface area contributed by atoms with Crippen LogP contribution in [0.5, 0.6) is 0 Å². The standard InChI is InChI=1S/C15H12N6O/c16-9-13(15(17)18)21-20-12-3-1-10(2-4-12)14(22)11-5-7-19-8-6-11/h1-8,20H,(H3,17,18)/b21-13+. The number of hydrogen-bond acceptors (Lipinski definition) is 6. The number of nitrogens with one attached hydrogen (secondary N) is 2. The van der Waals surface area contributed by atoms with Crippen LogP contribution in [0.2, 0.25) is 0 Å². The van der Waals surface area contributed by atoms with Crippen LogP contribution in [0.1, 0.15) is 15.9 Å². The smallest absolute Gasteiger partial charge is 0.201 e. The number of benzene rings is 1. The third kappa shape index (κ3) is 3.52. The maximum Gasteiger partial charge on any atom is 0.201 e. The SMILES string of the molecule is N#C/C(=N\Nc1ccc(C(=O)c2ccncc2)cc1)C(=N)N. The highest BCUT2D eigenvalue weighted by Crippen LogP contribution is 2.13. The summed E-state index contributed by atoms with van der Waals surface area (Å²) in [5, 5.41) is 19.6. The fourth-order valence-electron chi connectivity index (χ4n) is 1.63. The summed E-state index contributed by atoms with van der Waals surface area (Å²) in [5.74, 6) is -0.529. The van der Waals surface area contributed by atoms with Gasteiger partial charge in [0.05, 0.1) is 5.69 Å². The molecule has 1 heterocycles. The van der Waals surface area contributed by atoms with E-state index in [1.54, 1.807) is 54.9 Å². The van der Waals surface area contributed by atoms with Gasteiger partial charge in [0.15, 0.2) is 11.6 Å². The minimum absolute atomic E-state index is 0.112. The van der Waals surface area contributed by atoms with E-state index in [9.17, 15) is 4.79 Å². The molecule has 0 spiro atoms. The van der Waals surface area contributed by atoms with Crippen LogP contribution in [0.3, 0.4) is 0 Å². The number of hydrazone groups is 1. The van der Waals surface area contributed by atoms with Crippen LogP contribution in [0.15, 0.2) is 53.9 Å². The Kier molecular flexibility index (Phi) is 4.57. The van der Waals surface area contributed by atoms with Crippen LogP contribution in [0.4, 0.5) is 5.69 Å². The van der Waals surface area contributed by atoms with E-state index < -0.39 is 5.84 Å². The molecule has 108 valence electrons. The Hall–Kier alpha value is -3.53. The molecule has 0 unspecified atom stereocenters. The van der Waals surface area contributed by atoms with Crippen molar-refractivity contribution in [2.24, 2.45) is 10.8 Å². The van der Waals surface area contributed by atoms with Crippen LogP contribution in [-0.2, 0) is 0 Å². The lowest BCUT2D eigenvalue weighted by molar-refractivity contribution is 0.103. The lowest BCUT2D eigenvalue weighted by Crippen LogP contribution is -2.21. The van der Waals surface area contributed by atoms with Crippen molar-refractivity contribution < 1.29 is 4.79 Å². The van der Waals surface area contributed by atoms with Crippen LogP contribution in [-0.4, -0.2) is 22.3 Å². The quantitative estimate of drug-likeness (QED) is 0.333. The summed E-state index contributed by atoms with van der Waals surface area (Å²) in [4.78, 5) is 16.1. The maximum absolute atomic E-state index is 12.2. The molecule has 0 atom stereocenters. The van der Waals surface area contributed by atoms with E-state index in [1.165, 1.54) is 0 Å². The van der Waals surface area contributed by atoms with Crippen molar-refractivity contribution in [2.45, 2.75) is 0 Å². The first-order valence-corrected chi connectivity index (χ1v) is 6.25. The second kappa shape index (κ2) is 6.76. The summed E-state index contributed by atoms with van der Waals surface area (Å²) in [6.07, 6.45) is 3.12. The second-order valence-corrected chi connectivity index (χ2v) is 4.24. The average molecular weight is 292 g/mol. The van der Waals surface area contributed by atoms with E-state index in [4.69, 9.17) is 16.4 Å². The molecule has 1 aromatic carbocycles. The Balaban J connectivity index is 2.13. The molecule has 0 amide bonds. The molecule has 7 heteroatoms. The highest BCUT2D eigenvalue weighted by atomic mass is 16.1. The van der Waals surface area contributed by atoms with Gasteiger partial charge in [-0.2, -0.15) is 10.4 Å². The number of nitrogens with two attached hydrogens (primary N) is 1. The van der Waals surface area contributed by atoms with Crippen molar-refractivity contribution >= 4 is 23.0 Å². The van der Waals surface area contributed by atoms with Gasteiger partial charge >= 0.3 is 0 Å². The Bertz CT molecular complexity index is 759. The summed E-state index contributed by atoms with van der Waals surface area (Å²) in [6, 6.07) is 11.6. The summed E-state index contributed by atoms with van der Waals surface area (Å²) < 4.78 is 0. The zero-order valence-corrected chi connectivity index (χ0v) is 11.4. The number of anilines is 1. The summed E-state index contributed by atoms with van der Waals surface area (Å²) >= 11 is 0. The van der Waals surface area contributed by atoms with Crippen molar-refractivity contribution in [3.63, 3.8) is 0 Å². The number of nitriles is 1. The highest BCUT2D eigenvalue weighted by molar-refractivity contribution is 6.45. The lowest BCUT2D eigenvalue weighted by atomic mass is 10.0. The summed E-state index contributed by atoms with van der Waals surface area (Å²) in [5.41, 5.74) is 9.22. The van der Waals surface area contributed by atoms with Gasteiger partial charge in [-0.25, -0.2) is 0 Å². The molecule has 0 radical (unpaired) electrons. The van der Waals surface area contributed by atoms with E-state index in [1.807, 2.05) is 0 Å². The topological polar surface area (TPSA) is 128 Å². The molecule has 0 fully saturated rings. The third-order valence-corrected chi connectivity index (χ3v) is 2.75. The molecule has 0 saturated heterocycles. The van der Waals surface area contributed by atoms with E-state index in [-0.39, 0.29) is 11.5 Å². The van der Waals surface area contributed by atoms with Crippen LogP contribution >= 0.6 is 0 Å². The predicted octanol–water partition coefficient (Wildman–Crippen LogP) is 1.54. The first-order chi connectivity index (χ1) is 10.6. The highest BCUT2D eigenvalue weighted by Gasteiger charge is 2.08. The first-order valence-electron chi connectivity index (χ1n) is 6.25. The van der Waals surface area contributed by atoms with Gasteiger partial charge in [0, 0.05) is 23.5 Å². The molecule has 4 N–H and O–H groups in total. The van der Waals surface area contributed by atoms with E-state index >= 15 is 0 Å². The molecule has 0 aliphatic carbocycles. The number of hydrogen-bond donors (Lipinski definition) is 3. The molecule has 22 heavy (non-hydrogen) atoms. The van der Waals surface area contributed by atoms with Gasteiger partial charge < -0.3 is 5.73 Å². The van der Waals surface area contributed by atoms with Crippen molar-refractivity contribution in [2.75, 3.05) is 5.43 Å². The molecule has 1 aromatic heterocycles. The molecule has 0 aliphatic rings.